The highest BCUT2D eigenvalue weighted by atomic mass is 35.6. The van der Waals surface area contributed by atoms with E-state index in [0.29, 0.717) is 26.9 Å². The molecule has 0 N–H and O–H groups in total. The van der Waals surface area contributed by atoms with Gasteiger partial charge in [-0.05, 0) is 12.1 Å². The lowest BCUT2D eigenvalue weighted by Crippen LogP contribution is -2.08. The molecule has 0 saturated carbocycles. The highest BCUT2D eigenvalue weighted by molar-refractivity contribution is 6.66. The monoisotopic (exact) mass is 316 g/mol. The Morgan fingerprint density at radius 3 is 2.38 bits per heavy atom. The van der Waals surface area contributed by atoms with Crippen molar-refractivity contribution in [3.63, 3.8) is 0 Å². The van der Waals surface area contributed by atoms with Gasteiger partial charge in [0.2, 0.25) is 3.79 Å². The summed E-state index contributed by atoms with van der Waals surface area (Å²) in [6.07, 6.45) is 0. The summed E-state index contributed by atoms with van der Waals surface area (Å²) in [7, 11) is 1.72. The Balaban J connectivity index is 2.85. The number of hydrogen-bond donors (Lipinski definition) is 0. The van der Waals surface area contributed by atoms with Crippen LogP contribution in [0.5, 0.6) is 0 Å². The molecular formula is C9H5Cl5N2. The zero-order chi connectivity index (χ0) is 12.1. The van der Waals surface area contributed by atoms with Gasteiger partial charge in [0.25, 0.3) is 0 Å². The molecule has 0 aliphatic heterocycles. The quantitative estimate of drug-likeness (QED) is 0.643. The summed E-state index contributed by atoms with van der Waals surface area (Å²) in [4.78, 5) is 4.21. The summed E-state index contributed by atoms with van der Waals surface area (Å²) in [5.41, 5.74) is 1.29. The fourth-order valence-corrected chi connectivity index (χ4v) is 2.43. The Labute approximate surface area is 117 Å². The fourth-order valence-electron chi connectivity index (χ4n) is 1.49. The maximum atomic E-state index is 6.07. The molecule has 0 aliphatic rings. The first-order valence-electron chi connectivity index (χ1n) is 4.20. The molecular weight excluding hydrogens is 313 g/mol. The van der Waals surface area contributed by atoms with E-state index >= 15 is 0 Å². The molecule has 0 fully saturated rings. The smallest absolute Gasteiger partial charge is 0.248 e. The van der Waals surface area contributed by atoms with Crippen molar-refractivity contribution in [3.8, 4) is 0 Å². The second-order valence-corrected chi connectivity index (χ2v) is 6.29. The minimum absolute atomic E-state index is 0.302. The molecule has 0 unspecified atom stereocenters. The van der Waals surface area contributed by atoms with Crippen molar-refractivity contribution in [1.29, 1.82) is 0 Å². The van der Waals surface area contributed by atoms with E-state index in [9.17, 15) is 0 Å². The predicted octanol–water partition coefficient (Wildman–Crippen LogP) is 4.71. The first-order valence-corrected chi connectivity index (χ1v) is 6.09. The van der Waals surface area contributed by atoms with Gasteiger partial charge in [0.1, 0.15) is 0 Å². The van der Waals surface area contributed by atoms with Gasteiger partial charge in [-0.15, -0.1) is 0 Å². The third-order valence-corrected chi connectivity index (χ3v) is 3.48. The third-order valence-electron chi connectivity index (χ3n) is 2.18. The van der Waals surface area contributed by atoms with E-state index in [-0.39, 0.29) is 0 Å². The highest BCUT2D eigenvalue weighted by Gasteiger charge is 2.30. The van der Waals surface area contributed by atoms with Crippen molar-refractivity contribution in [2.75, 3.05) is 0 Å². The summed E-state index contributed by atoms with van der Waals surface area (Å²) >= 11 is 29.4. The van der Waals surface area contributed by atoms with Crippen LogP contribution in [0.1, 0.15) is 5.82 Å². The van der Waals surface area contributed by atoms with E-state index in [2.05, 4.69) is 4.98 Å². The van der Waals surface area contributed by atoms with Crippen LogP contribution in [-0.4, -0.2) is 9.55 Å². The number of nitrogens with zero attached hydrogens (tertiary/aromatic N) is 2. The number of benzene rings is 1. The Bertz CT molecular complexity index is 555. The summed E-state index contributed by atoms with van der Waals surface area (Å²) < 4.78 is 0.0279. The molecule has 7 heteroatoms. The zero-order valence-electron chi connectivity index (χ0n) is 7.94. The van der Waals surface area contributed by atoms with Gasteiger partial charge < -0.3 is 4.57 Å². The van der Waals surface area contributed by atoms with Crippen LogP contribution in [0.15, 0.2) is 12.1 Å². The fraction of sp³-hybridized carbons (Fsp3) is 0.222. The molecule has 1 aromatic carbocycles. The molecule has 0 amide bonds. The van der Waals surface area contributed by atoms with Crippen LogP contribution in [0.2, 0.25) is 10.0 Å². The second-order valence-electron chi connectivity index (χ2n) is 3.22. The number of aromatic nitrogens is 2. The average Bonchev–Trinajstić information content (AvgIpc) is 2.50. The van der Waals surface area contributed by atoms with Crippen LogP contribution in [-0.2, 0) is 10.8 Å². The van der Waals surface area contributed by atoms with Crippen molar-refractivity contribution >= 4 is 69.0 Å². The molecule has 0 aliphatic carbocycles. The number of fused-ring (bicyclic) bond motifs is 1. The largest absolute Gasteiger partial charge is 0.326 e. The van der Waals surface area contributed by atoms with Crippen LogP contribution in [0, 0.1) is 0 Å². The Morgan fingerprint density at radius 2 is 1.81 bits per heavy atom. The van der Waals surface area contributed by atoms with Crippen molar-refractivity contribution in [3.05, 3.63) is 28.0 Å². The van der Waals surface area contributed by atoms with Crippen molar-refractivity contribution in [2.24, 2.45) is 7.05 Å². The first-order chi connectivity index (χ1) is 7.32. The van der Waals surface area contributed by atoms with Crippen molar-refractivity contribution < 1.29 is 0 Å². The van der Waals surface area contributed by atoms with E-state index < -0.39 is 3.79 Å². The number of aryl methyl sites for hydroxylation is 1. The molecule has 0 spiro atoms. The molecule has 0 bridgehead atoms. The van der Waals surface area contributed by atoms with Gasteiger partial charge in [-0.2, -0.15) is 0 Å². The van der Waals surface area contributed by atoms with E-state index in [1.165, 1.54) is 0 Å². The van der Waals surface area contributed by atoms with Crippen LogP contribution in [0.4, 0.5) is 0 Å². The van der Waals surface area contributed by atoms with E-state index in [1.54, 1.807) is 23.7 Å². The van der Waals surface area contributed by atoms with Gasteiger partial charge in [-0.1, -0.05) is 58.0 Å². The molecule has 0 atom stereocenters. The van der Waals surface area contributed by atoms with Gasteiger partial charge in [0.15, 0.2) is 5.82 Å². The Hall–Kier alpha value is 0.140. The average molecular weight is 318 g/mol. The zero-order valence-corrected chi connectivity index (χ0v) is 11.7. The van der Waals surface area contributed by atoms with Gasteiger partial charge in [0, 0.05) is 7.05 Å². The van der Waals surface area contributed by atoms with Crippen molar-refractivity contribution in [1.82, 2.24) is 9.55 Å². The van der Waals surface area contributed by atoms with Gasteiger partial charge in [-0.3, -0.25) is 0 Å². The molecule has 86 valence electrons. The topological polar surface area (TPSA) is 17.8 Å². The van der Waals surface area contributed by atoms with E-state index in [1.807, 2.05) is 0 Å². The van der Waals surface area contributed by atoms with Crippen LogP contribution >= 0.6 is 58.0 Å². The standard InChI is InChI=1S/C9H5Cl5N2/c1-16-7-5(3-2-4(10)6(7)11)15-8(16)9(12,13)14/h2-3H,1H3. The summed E-state index contributed by atoms with van der Waals surface area (Å²) in [5, 5.41) is 0.836. The lowest BCUT2D eigenvalue weighted by Gasteiger charge is -2.10. The predicted molar refractivity (Wildman–Crippen MR) is 70.0 cm³/mol. The number of imidazole rings is 1. The lowest BCUT2D eigenvalue weighted by atomic mass is 10.3. The molecule has 1 heterocycles. The molecule has 16 heavy (non-hydrogen) atoms. The SMILES string of the molecule is Cn1c(C(Cl)(Cl)Cl)nc2ccc(Cl)c(Cl)c21. The Kier molecular flexibility index (Phi) is 3.23. The highest BCUT2D eigenvalue weighted by Crippen LogP contribution is 2.40. The number of halogens is 5. The van der Waals surface area contributed by atoms with Crippen LogP contribution in [0.3, 0.4) is 0 Å². The van der Waals surface area contributed by atoms with Gasteiger partial charge in [0.05, 0.1) is 21.1 Å². The number of hydrogen-bond acceptors (Lipinski definition) is 1. The summed E-state index contributed by atoms with van der Waals surface area (Å²) in [6, 6.07) is 3.38. The normalized spacial score (nSPS) is 12.4. The number of alkyl halides is 3. The molecule has 1 aromatic heterocycles. The number of rotatable bonds is 0. The maximum Gasteiger partial charge on any atom is 0.248 e. The molecule has 0 radical (unpaired) electrons. The van der Waals surface area contributed by atoms with Gasteiger partial charge in [-0.25, -0.2) is 4.98 Å². The van der Waals surface area contributed by atoms with E-state index in [4.69, 9.17) is 58.0 Å². The molecule has 2 aromatic rings. The molecule has 0 saturated heterocycles. The summed E-state index contributed by atoms with van der Waals surface area (Å²) in [5.74, 6) is 0.302. The minimum Gasteiger partial charge on any atom is -0.326 e. The lowest BCUT2D eigenvalue weighted by molar-refractivity contribution is 0.842. The van der Waals surface area contributed by atoms with Crippen LogP contribution < -0.4 is 0 Å². The van der Waals surface area contributed by atoms with Crippen LogP contribution in [0.25, 0.3) is 11.0 Å². The van der Waals surface area contributed by atoms with Gasteiger partial charge >= 0.3 is 0 Å². The van der Waals surface area contributed by atoms with Crippen molar-refractivity contribution in [2.45, 2.75) is 3.79 Å². The minimum atomic E-state index is -1.59. The Morgan fingerprint density at radius 1 is 1.19 bits per heavy atom. The third kappa shape index (κ3) is 1.98. The first kappa shape index (κ1) is 12.6. The molecule has 2 nitrogen and oxygen atoms in total. The molecule has 2 rings (SSSR count). The summed E-state index contributed by atoms with van der Waals surface area (Å²) in [6.45, 7) is 0. The van der Waals surface area contributed by atoms with E-state index in [0.717, 1.165) is 0 Å². The second kappa shape index (κ2) is 4.11. The maximum absolute atomic E-state index is 6.07.